The summed E-state index contributed by atoms with van der Waals surface area (Å²) in [4.78, 5) is 0. The van der Waals surface area contributed by atoms with Crippen LogP contribution in [0, 0.1) is 0 Å². The predicted molar refractivity (Wildman–Crippen MR) is 61.4 cm³/mol. The maximum absolute atomic E-state index is 5.88. The van der Waals surface area contributed by atoms with Crippen LogP contribution in [0.1, 0.15) is 20.8 Å². The molecule has 0 radical (unpaired) electrons. The average molecular weight is 212 g/mol. The minimum Gasteiger partial charge on any atom is -0.462 e. The molecule has 14 heavy (non-hydrogen) atoms. The highest BCUT2D eigenvalue weighted by Crippen LogP contribution is 2.35. The van der Waals surface area contributed by atoms with E-state index < -0.39 is 13.9 Å². The van der Waals surface area contributed by atoms with Crippen molar-refractivity contribution >= 4 is 8.07 Å². The van der Waals surface area contributed by atoms with E-state index in [2.05, 4.69) is 26.2 Å². The summed E-state index contributed by atoms with van der Waals surface area (Å²) >= 11 is 0. The van der Waals surface area contributed by atoms with Gasteiger partial charge in [-0.15, -0.1) is 0 Å². The Bertz CT molecular complexity index is 295. The van der Waals surface area contributed by atoms with Crippen LogP contribution >= 0.6 is 0 Å². The number of hydrogen-bond acceptors (Lipinski definition) is 2. The van der Waals surface area contributed by atoms with Gasteiger partial charge >= 0.3 is 0 Å². The van der Waals surface area contributed by atoms with Gasteiger partial charge in [0.1, 0.15) is 13.8 Å². The molecule has 0 fully saturated rings. The largest absolute Gasteiger partial charge is 0.462 e. The van der Waals surface area contributed by atoms with Crippen molar-refractivity contribution < 1.29 is 9.47 Å². The van der Waals surface area contributed by atoms with E-state index >= 15 is 0 Å². The molecule has 0 atom stereocenters. The molecule has 1 aliphatic rings. The van der Waals surface area contributed by atoms with E-state index in [1.54, 1.807) is 0 Å². The lowest BCUT2D eigenvalue weighted by Gasteiger charge is -2.39. The second-order valence-corrected chi connectivity index (χ2v) is 10.2. The zero-order chi connectivity index (χ0) is 11.1. The quantitative estimate of drug-likeness (QED) is 0.620. The molecular weight excluding hydrogens is 192 g/mol. The van der Waals surface area contributed by atoms with Gasteiger partial charge in [0, 0.05) is 19.4 Å². The van der Waals surface area contributed by atoms with Crippen molar-refractivity contribution in [3.8, 4) is 0 Å². The van der Waals surface area contributed by atoms with E-state index in [0.717, 1.165) is 16.7 Å². The fourth-order valence-electron chi connectivity index (χ4n) is 1.56. The lowest BCUT2D eigenvalue weighted by Crippen LogP contribution is -2.39. The van der Waals surface area contributed by atoms with Crippen LogP contribution < -0.4 is 0 Å². The van der Waals surface area contributed by atoms with Gasteiger partial charge < -0.3 is 9.47 Å². The minimum atomic E-state index is -1.43. The van der Waals surface area contributed by atoms with Crippen LogP contribution in [0.25, 0.3) is 0 Å². The summed E-state index contributed by atoms with van der Waals surface area (Å²) in [6, 6.07) is 0. The van der Waals surface area contributed by atoms with Crippen LogP contribution in [0.2, 0.25) is 19.6 Å². The highest BCUT2D eigenvalue weighted by Gasteiger charge is 2.36. The van der Waals surface area contributed by atoms with Gasteiger partial charge in [-0.1, -0.05) is 26.2 Å². The fraction of sp³-hybridized carbons (Fsp3) is 0.636. The first-order chi connectivity index (χ1) is 6.13. The number of rotatable bonds is 1. The van der Waals surface area contributed by atoms with E-state index in [1.807, 2.05) is 20.8 Å². The summed E-state index contributed by atoms with van der Waals surface area (Å²) in [6.07, 6.45) is 0. The van der Waals surface area contributed by atoms with Crippen molar-refractivity contribution in [3.05, 3.63) is 23.3 Å². The van der Waals surface area contributed by atoms with Crippen LogP contribution in [0.4, 0.5) is 0 Å². The van der Waals surface area contributed by atoms with Gasteiger partial charge in [0.2, 0.25) is 5.79 Å². The molecule has 0 saturated carbocycles. The lowest BCUT2D eigenvalue weighted by atomic mass is 10.2. The summed E-state index contributed by atoms with van der Waals surface area (Å²) in [6.45, 7) is 16.6. The Balaban J connectivity index is 3.14. The average Bonchev–Trinajstić information content (AvgIpc) is 1.93. The molecule has 0 saturated heterocycles. The van der Waals surface area contributed by atoms with Gasteiger partial charge in [-0.3, -0.25) is 0 Å². The molecule has 1 heterocycles. The second kappa shape index (κ2) is 3.16. The molecule has 0 aliphatic carbocycles. The summed E-state index contributed by atoms with van der Waals surface area (Å²) < 4.78 is 11.4. The Hall–Kier alpha value is -0.703. The first-order valence-corrected chi connectivity index (χ1v) is 8.42. The van der Waals surface area contributed by atoms with Crippen molar-refractivity contribution in [2.75, 3.05) is 0 Å². The molecule has 0 bridgehead atoms. The van der Waals surface area contributed by atoms with Gasteiger partial charge in [0.05, 0.1) is 5.38 Å². The third kappa shape index (κ3) is 2.21. The maximum atomic E-state index is 5.88. The first kappa shape index (κ1) is 11.4. The Labute approximate surface area is 87.6 Å². The Morgan fingerprint density at radius 2 is 1.64 bits per heavy atom. The Kier molecular flexibility index (Phi) is 2.56. The van der Waals surface area contributed by atoms with Crippen molar-refractivity contribution in [2.45, 2.75) is 46.2 Å². The van der Waals surface area contributed by atoms with Gasteiger partial charge in [0.25, 0.3) is 0 Å². The summed E-state index contributed by atoms with van der Waals surface area (Å²) in [5, 5.41) is 1.11. The van der Waals surface area contributed by atoms with Crippen molar-refractivity contribution in [2.24, 2.45) is 0 Å². The second-order valence-electron chi connectivity index (χ2n) is 5.23. The molecule has 0 aromatic rings. The molecule has 1 rings (SSSR count). The summed E-state index contributed by atoms with van der Waals surface area (Å²) in [5.74, 6) is 0.185. The molecule has 0 spiro atoms. The fourth-order valence-corrected chi connectivity index (χ4v) is 3.38. The molecular formula is C11H20O2Si. The molecule has 0 amide bonds. The molecule has 0 N–H and O–H groups in total. The Morgan fingerprint density at radius 1 is 1.14 bits per heavy atom. The van der Waals surface area contributed by atoms with Gasteiger partial charge in [-0.25, -0.2) is 0 Å². The predicted octanol–water partition coefficient (Wildman–Crippen LogP) is 3.43. The van der Waals surface area contributed by atoms with E-state index in [1.165, 1.54) is 0 Å². The zero-order valence-corrected chi connectivity index (χ0v) is 11.0. The normalized spacial score (nSPS) is 21.7. The summed E-state index contributed by atoms with van der Waals surface area (Å²) in [7, 11) is -1.43. The molecule has 0 aromatic heterocycles. The van der Waals surface area contributed by atoms with Gasteiger partial charge in [-0.2, -0.15) is 0 Å². The van der Waals surface area contributed by atoms with E-state index in [4.69, 9.17) is 9.47 Å². The number of hydrogen-bond donors (Lipinski definition) is 0. The van der Waals surface area contributed by atoms with Crippen LogP contribution in [0.3, 0.4) is 0 Å². The van der Waals surface area contributed by atoms with E-state index in [9.17, 15) is 0 Å². The third-order valence-electron chi connectivity index (χ3n) is 2.16. The monoisotopic (exact) mass is 212 g/mol. The lowest BCUT2D eigenvalue weighted by molar-refractivity contribution is -0.168. The van der Waals surface area contributed by atoms with Crippen molar-refractivity contribution in [3.63, 3.8) is 0 Å². The van der Waals surface area contributed by atoms with Gasteiger partial charge in [0.15, 0.2) is 0 Å². The molecule has 0 aromatic carbocycles. The minimum absolute atomic E-state index is 0.563. The molecule has 3 heteroatoms. The SMILES string of the molecule is C=C1OC(C)(C)OC([Si](C)(C)C)=C1C. The standard InChI is InChI=1S/C11H20O2Si/c1-8-9(2)12-11(3,4)13-10(8)14(5,6)7/h2H2,1,3-7H3. The third-order valence-corrected chi connectivity index (χ3v) is 4.00. The molecule has 1 aliphatic heterocycles. The number of allylic oxidation sites excluding steroid dienone is 1. The number of ether oxygens (including phenoxy) is 2. The molecule has 80 valence electrons. The Morgan fingerprint density at radius 3 is 2.07 bits per heavy atom. The van der Waals surface area contributed by atoms with Gasteiger partial charge in [-0.05, 0) is 6.92 Å². The topological polar surface area (TPSA) is 18.5 Å². The van der Waals surface area contributed by atoms with Crippen LogP contribution in [-0.2, 0) is 9.47 Å². The van der Waals surface area contributed by atoms with Crippen LogP contribution in [0.15, 0.2) is 23.3 Å². The molecule has 0 unspecified atom stereocenters. The van der Waals surface area contributed by atoms with Crippen molar-refractivity contribution in [1.29, 1.82) is 0 Å². The summed E-state index contributed by atoms with van der Waals surface area (Å²) in [5.41, 5.74) is 1.07. The molecule has 2 nitrogen and oxygen atoms in total. The zero-order valence-electron chi connectivity index (χ0n) is 10.0. The smallest absolute Gasteiger partial charge is 0.244 e. The van der Waals surface area contributed by atoms with Crippen LogP contribution in [0.5, 0.6) is 0 Å². The van der Waals surface area contributed by atoms with E-state index in [-0.39, 0.29) is 0 Å². The first-order valence-electron chi connectivity index (χ1n) is 4.92. The van der Waals surface area contributed by atoms with E-state index in [0.29, 0.717) is 0 Å². The highest BCUT2D eigenvalue weighted by molar-refractivity contribution is 6.82. The van der Waals surface area contributed by atoms with Crippen LogP contribution in [-0.4, -0.2) is 13.9 Å². The highest BCUT2D eigenvalue weighted by atomic mass is 28.3. The van der Waals surface area contributed by atoms with Crippen molar-refractivity contribution in [1.82, 2.24) is 0 Å². The maximum Gasteiger partial charge on any atom is 0.244 e.